The van der Waals surface area contributed by atoms with Gasteiger partial charge in [-0.05, 0) is 48.8 Å². The Bertz CT molecular complexity index is 862. The molecule has 1 N–H and O–H groups in total. The minimum absolute atomic E-state index is 0.0620. The van der Waals surface area contributed by atoms with Gasteiger partial charge in [0, 0.05) is 36.5 Å². The van der Waals surface area contributed by atoms with Crippen molar-refractivity contribution in [3.05, 3.63) is 70.7 Å². The highest BCUT2D eigenvalue weighted by atomic mass is 35.5. The Morgan fingerprint density at radius 3 is 2.41 bits per heavy atom. The number of benzene rings is 2. The van der Waals surface area contributed by atoms with Crippen molar-refractivity contribution in [1.29, 1.82) is 0 Å². The van der Waals surface area contributed by atoms with Gasteiger partial charge < -0.3 is 10.2 Å². The maximum Gasteiger partial charge on any atom is 0.226 e. The van der Waals surface area contributed by atoms with Crippen molar-refractivity contribution in [2.45, 2.75) is 44.1 Å². The van der Waals surface area contributed by atoms with E-state index >= 15 is 0 Å². The van der Waals surface area contributed by atoms with Crippen LogP contribution in [0, 0.1) is 5.92 Å². The zero-order chi connectivity index (χ0) is 20.2. The van der Waals surface area contributed by atoms with Crippen molar-refractivity contribution >= 4 is 23.4 Å². The second-order valence-electron chi connectivity index (χ2n) is 8.12. The Labute approximate surface area is 177 Å². The summed E-state index contributed by atoms with van der Waals surface area (Å²) in [5.74, 6) is 0.655. The van der Waals surface area contributed by atoms with Crippen LogP contribution in [0.5, 0.6) is 0 Å². The number of hydrogen-bond donors (Lipinski definition) is 1. The number of likely N-dealkylation sites (tertiary alicyclic amines) is 1. The first-order valence-electron chi connectivity index (χ1n) is 10.5. The quantitative estimate of drug-likeness (QED) is 0.776. The average Bonchev–Trinajstić information content (AvgIpc) is 3.54. The van der Waals surface area contributed by atoms with Crippen LogP contribution in [-0.4, -0.2) is 35.8 Å². The molecule has 0 radical (unpaired) electrons. The molecule has 1 heterocycles. The molecule has 1 saturated heterocycles. The summed E-state index contributed by atoms with van der Waals surface area (Å²) in [5.41, 5.74) is 2.27. The highest BCUT2D eigenvalue weighted by Crippen LogP contribution is 2.50. The fourth-order valence-electron chi connectivity index (χ4n) is 4.27. The Kier molecular flexibility index (Phi) is 6.19. The van der Waals surface area contributed by atoms with Gasteiger partial charge in [0.1, 0.15) is 0 Å². The molecule has 2 fully saturated rings. The molecule has 2 atom stereocenters. The van der Waals surface area contributed by atoms with Crippen LogP contribution in [0.3, 0.4) is 0 Å². The van der Waals surface area contributed by atoms with Gasteiger partial charge >= 0.3 is 0 Å². The summed E-state index contributed by atoms with van der Waals surface area (Å²) in [6, 6.07) is 18.1. The highest BCUT2D eigenvalue weighted by Gasteiger charge is 2.46. The van der Waals surface area contributed by atoms with E-state index in [0.29, 0.717) is 19.5 Å². The van der Waals surface area contributed by atoms with Gasteiger partial charge in [-0.15, -0.1) is 0 Å². The second kappa shape index (κ2) is 9.00. The molecule has 1 saturated carbocycles. The molecule has 2 aromatic carbocycles. The topological polar surface area (TPSA) is 49.4 Å². The zero-order valence-corrected chi connectivity index (χ0v) is 17.3. The van der Waals surface area contributed by atoms with Crippen molar-refractivity contribution < 1.29 is 9.59 Å². The van der Waals surface area contributed by atoms with Crippen molar-refractivity contribution in [2.24, 2.45) is 5.92 Å². The molecule has 0 bridgehead atoms. The first-order valence-corrected chi connectivity index (χ1v) is 10.9. The fraction of sp³-hybridized carbons (Fsp3) is 0.417. The van der Waals surface area contributed by atoms with Crippen LogP contribution in [0.4, 0.5) is 0 Å². The summed E-state index contributed by atoms with van der Waals surface area (Å²) in [6.07, 6.45) is 3.80. The summed E-state index contributed by atoms with van der Waals surface area (Å²) in [4.78, 5) is 27.1. The number of carbonyl (C=O) groups is 2. The third-order valence-corrected chi connectivity index (χ3v) is 6.41. The molecule has 2 aliphatic rings. The molecule has 0 spiro atoms. The van der Waals surface area contributed by atoms with Crippen LogP contribution in [0.15, 0.2) is 54.6 Å². The van der Waals surface area contributed by atoms with E-state index < -0.39 is 0 Å². The predicted molar refractivity (Wildman–Crippen MR) is 115 cm³/mol. The largest absolute Gasteiger partial charge is 0.353 e. The number of hydrogen-bond acceptors (Lipinski definition) is 2. The van der Waals surface area contributed by atoms with Gasteiger partial charge in [-0.25, -0.2) is 0 Å². The van der Waals surface area contributed by atoms with Crippen LogP contribution in [0.1, 0.15) is 42.7 Å². The standard InChI is InChI=1S/C24H27ClN2O2/c25-22-9-5-4-8-19(22)20-16-21(20)24(29)27-14-12-18(13-15-27)26-23(28)11-10-17-6-2-1-3-7-17/h1-9,18,20-21H,10-16H2,(H,26,28). The number of nitrogens with one attached hydrogen (secondary N) is 1. The normalized spacial score (nSPS) is 21.6. The van der Waals surface area contributed by atoms with E-state index in [1.807, 2.05) is 59.5 Å². The van der Waals surface area contributed by atoms with E-state index in [4.69, 9.17) is 11.6 Å². The van der Waals surface area contributed by atoms with Crippen molar-refractivity contribution in [2.75, 3.05) is 13.1 Å². The number of nitrogens with zero attached hydrogens (tertiary/aromatic N) is 1. The van der Waals surface area contributed by atoms with Gasteiger partial charge in [0.2, 0.25) is 11.8 Å². The summed E-state index contributed by atoms with van der Waals surface area (Å²) in [7, 11) is 0. The lowest BCUT2D eigenvalue weighted by Crippen LogP contribution is -2.47. The number of aryl methyl sites for hydroxylation is 1. The number of rotatable bonds is 6. The molecule has 5 heteroatoms. The lowest BCUT2D eigenvalue weighted by molar-refractivity contribution is -0.133. The van der Waals surface area contributed by atoms with Crippen molar-refractivity contribution in [3.63, 3.8) is 0 Å². The SMILES string of the molecule is O=C(CCc1ccccc1)NC1CCN(C(=O)C2CC2c2ccccc2Cl)CC1. The van der Waals surface area contributed by atoms with Gasteiger partial charge in [0.05, 0.1) is 0 Å². The fourth-order valence-corrected chi connectivity index (χ4v) is 4.54. The van der Waals surface area contributed by atoms with Crippen molar-refractivity contribution in [3.8, 4) is 0 Å². The molecule has 1 aliphatic heterocycles. The van der Waals surface area contributed by atoms with E-state index in [1.165, 1.54) is 5.56 Å². The van der Waals surface area contributed by atoms with Gasteiger partial charge in [-0.1, -0.05) is 60.1 Å². The molecule has 2 aromatic rings. The lowest BCUT2D eigenvalue weighted by atomic mass is 10.0. The van der Waals surface area contributed by atoms with Gasteiger partial charge in [0.25, 0.3) is 0 Å². The molecule has 4 rings (SSSR count). The van der Waals surface area contributed by atoms with E-state index in [0.717, 1.165) is 36.3 Å². The van der Waals surface area contributed by atoms with E-state index in [-0.39, 0.29) is 29.7 Å². The monoisotopic (exact) mass is 410 g/mol. The van der Waals surface area contributed by atoms with Crippen LogP contribution in [0.2, 0.25) is 5.02 Å². The van der Waals surface area contributed by atoms with E-state index in [2.05, 4.69) is 5.32 Å². The lowest BCUT2D eigenvalue weighted by Gasteiger charge is -2.32. The van der Waals surface area contributed by atoms with Gasteiger partial charge in [-0.3, -0.25) is 9.59 Å². The first kappa shape index (κ1) is 20.0. The summed E-state index contributed by atoms with van der Waals surface area (Å²) < 4.78 is 0. The highest BCUT2D eigenvalue weighted by molar-refractivity contribution is 6.31. The second-order valence-corrected chi connectivity index (χ2v) is 8.53. The van der Waals surface area contributed by atoms with Gasteiger partial charge in [-0.2, -0.15) is 0 Å². The molecule has 2 unspecified atom stereocenters. The van der Waals surface area contributed by atoms with Crippen LogP contribution in [-0.2, 0) is 16.0 Å². The molecule has 4 nitrogen and oxygen atoms in total. The van der Waals surface area contributed by atoms with Crippen LogP contribution in [0.25, 0.3) is 0 Å². The summed E-state index contributed by atoms with van der Waals surface area (Å²) >= 11 is 6.28. The molecule has 29 heavy (non-hydrogen) atoms. The number of halogens is 1. The Morgan fingerprint density at radius 1 is 1.00 bits per heavy atom. The first-order chi connectivity index (χ1) is 14.1. The molecule has 1 aliphatic carbocycles. The van der Waals surface area contributed by atoms with E-state index in [1.54, 1.807) is 0 Å². The third-order valence-electron chi connectivity index (χ3n) is 6.07. The number of piperidine rings is 1. The average molecular weight is 411 g/mol. The Balaban J connectivity index is 1.20. The van der Waals surface area contributed by atoms with Crippen molar-refractivity contribution in [1.82, 2.24) is 10.2 Å². The summed E-state index contributed by atoms with van der Waals surface area (Å²) in [5, 5.41) is 3.90. The molecular weight excluding hydrogens is 384 g/mol. The minimum Gasteiger partial charge on any atom is -0.353 e. The molecule has 0 aromatic heterocycles. The third kappa shape index (κ3) is 4.99. The molecule has 2 amide bonds. The Hall–Kier alpha value is -2.33. The van der Waals surface area contributed by atoms with Crippen LogP contribution >= 0.6 is 11.6 Å². The molecule has 152 valence electrons. The van der Waals surface area contributed by atoms with E-state index in [9.17, 15) is 9.59 Å². The minimum atomic E-state index is 0.0620. The van der Waals surface area contributed by atoms with Gasteiger partial charge in [0.15, 0.2) is 0 Å². The number of amides is 2. The maximum atomic E-state index is 12.8. The predicted octanol–water partition coefficient (Wildman–Crippen LogP) is 4.18. The van der Waals surface area contributed by atoms with Crippen LogP contribution < -0.4 is 5.32 Å². The number of carbonyl (C=O) groups excluding carboxylic acids is 2. The molecular formula is C24H27ClN2O2. The zero-order valence-electron chi connectivity index (χ0n) is 16.5. The maximum absolute atomic E-state index is 12.8. The Morgan fingerprint density at radius 2 is 1.69 bits per heavy atom. The summed E-state index contributed by atoms with van der Waals surface area (Å²) in [6.45, 7) is 1.43. The smallest absolute Gasteiger partial charge is 0.226 e.